The van der Waals surface area contributed by atoms with E-state index in [1.54, 1.807) is 7.11 Å². The van der Waals surface area contributed by atoms with E-state index in [2.05, 4.69) is 49.5 Å². The molecule has 2 heteroatoms. The van der Waals surface area contributed by atoms with Crippen LogP contribution in [-0.4, -0.2) is 25.8 Å². The molecule has 0 aliphatic rings. The van der Waals surface area contributed by atoms with Crippen molar-refractivity contribution < 1.29 is 4.74 Å². The van der Waals surface area contributed by atoms with Gasteiger partial charge in [0.2, 0.25) is 0 Å². The average Bonchev–Trinajstić information content (AvgIpc) is 2.38. The summed E-state index contributed by atoms with van der Waals surface area (Å²) in [7, 11) is 1.78. The van der Waals surface area contributed by atoms with Crippen molar-refractivity contribution in [2.75, 3.05) is 13.7 Å². The number of hydrogen-bond donors (Lipinski definition) is 1. The molecule has 17 heavy (non-hydrogen) atoms. The second kappa shape index (κ2) is 8.26. The van der Waals surface area contributed by atoms with Crippen LogP contribution in [0.1, 0.15) is 32.3 Å². The van der Waals surface area contributed by atoms with Crippen LogP contribution in [0.3, 0.4) is 0 Å². The van der Waals surface area contributed by atoms with Crippen molar-refractivity contribution in [3.63, 3.8) is 0 Å². The van der Waals surface area contributed by atoms with E-state index in [1.165, 1.54) is 12.0 Å². The highest BCUT2D eigenvalue weighted by molar-refractivity contribution is 5.14. The second-order valence-electron chi connectivity index (χ2n) is 4.48. The fraction of sp³-hybridized carbons (Fsp3) is 0.600. The van der Waals surface area contributed by atoms with Gasteiger partial charge in [0, 0.05) is 13.2 Å². The van der Waals surface area contributed by atoms with Gasteiger partial charge in [-0.25, -0.2) is 0 Å². The number of benzene rings is 1. The zero-order valence-electron chi connectivity index (χ0n) is 11.3. The Morgan fingerprint density at radius 3 is 2.53 bits per heavy atom. The number of ether oxygens (including phenoxy) is 1. The Labute approximate surface area is 105 Å². The van der Waals surface area contributed by atoms with Gasteiger partial charge in [-0.05, 0) is 38.3 Å². The van der Waals surface area contributed by atoms with Gasteiger partial charge < -0.3 is 10.1 Å². The van der Waals surface area contributed by atoms with Crippen molar-refractivity contribution >= 4 is 0 Å². The molecule has 96 valence electrons. The molecular formula is C15H25NO. The zero-order chi connectivity index (χ0) is 12.5. The van der Waals surface area contributed by atoms with Crippen molar-refractivity contribution in [2.45, 2.75) is 45.3 Å². The molecule has 2 nitrogen and oxygen atoms in total. The highest BCUT2D eigenvalue weighted by atomic mass is 16.5. The number of hydrogen-bond acceptors (Lipinski definition) is 2. The van der Waals surface area contributed by atoms with E-state index in [0.717, 1.165) is 19.4 Å². The number of nitrogens with one attached hydrogen (secondary N) is 1. The monoisotopic (exact) mass is 235 g/mol. The third-order valence-corrected chi connectivity index (χ3v) is 3.23. The van der Waals surface area contributed by atoms with Gasteiger partial charge in [-0.1, -0.05) is 37.3 Å². The molecule has 0 amide bonds. The third-order valence-electron chi connectivity index (χ3n) is 3.23. The van der Waals surface area contributed by atoms with Crippen molar-refractivity contribution in [1.82, 2.24) is 5.32 Å². The summed E-state index contributed by atoms with van der Waals surface area (Å²) in [6, 6.07) is 11.1. The van der Waals surface area contributed by atoms with Gasteiger partial charge in [-0.3, -0.25) is 0 Å². The molecule has 0 fully saturated rings. The Bertz CT molecular complexity index is 286. The van der Waals surface area contributed by atoms with E-state index in [0.29, 0.717) is 6.04 Å². The van der Waals surface area contributed by atoms with Gasteiger partial charge in [-0.15, -0.1) is 0 Å². The molecule has 2 atom stereocenters. The standard InChI is InChI=1S/C15H25NO/c1-4-16-15(13(2)17-3)12-8-11-14-9-6-5-7-10-14/h5-7,9-10,13,15-16H,4,8,11-12H2,1-3H3. The van der Waals surface area contributed by atoms with Gasteiger partial charge in [-0.2, -0.15) is 0 Å². The summed E-state index contributed by atoms with van der Waals surface area (Å²) in [5.41, 5.74) is 1.42. The summed E-state index contributed by atoms with van der Waals surface area (Å²) in [6.45, 7) is 5.28. The molecule has 2 unspecified atom stereocenters. The van der Waals surface area contributed by atoms with Crippen LogP contribution in [0.5, 0.6) is 0 Å². The van der Waals surface area contributed by atoms with E-state index in [4.69, 9.17) is 4.74 Å². The Morgan fingerprint density at radius 2 is 1.94 bits per heavy atom. The summed E-state index contributed by atoms with van der Waals surface area (Å²) in [5.74, 6) is 0. The maximum Gasteiger partial charge on any atom is 0.0696 e. The number of aryl methyl sites for hydroxylation is 1. The van der Waals surface area contributed by atoms with Gasteiger partial charge in [0.25, 0.3) is 0 Å². The topological polar surface area (TPSA) is 21.3 Å². The van der Waals surface area contributed by atoms with Gasteiger partial charge in [0.15, 0.2) is 0 Å². The minimum Gasteiger partial charge on any atom is -0.380 e. The first-order chi connectivity index (χ1) is 8.27. The molecule has 0 saturated heterocycles. The van der Waals surface area contributed by atoms with Crippen LogP contribution in [0.25, 0.3) is 0 Å². The van der Waals surface area contributed by atoms with Crippen LogP contribution in [0.15, 0.2) is 30.3 Å². The van der Waals surface area contributed by atoms with Crippen molar-refractivity contribution in [1.29, 1.82) is 0 Å². The van der Waals surface area contributed by atoms with Crippen LogP contribution >= 0.6 is 0 Å². The van der Waals surface area contributed by atoms with Crippen LogP contribution in [-0.2, 0) is 11.2 Å². The smallest absolute Gasteiger partial charge is 0.0696 e. The highest BCUT2D eigenvalue weighted by Gasteiger charge is 2.14. The summed E-state index contributed by atoms with van der Waals surface area (Å²) in [5, 5.41) is 3.49. The third kappa shape index (κ3) is 5.33. The first-order valence-corrected chi connectivity index (χ1v) is 6.58. The molecule has 0 saturated carbocycles. The molecule has 0 bridgehead atoms. The van der Waals surface area contributed by atoms with Gasteiger partial charge in [0.05, 0.1) is 6.10 Å². The lowest BCUT2D eigenvalue weighted by molar-refractivity contribution is 0.0799. The van der Waals surface area contributed by atoms with Crippen LogP contribution in [0.2, 0.25) is 0 Å². The minimum absolute atomic E-state index is 0.283. The quantitative estimate of drug-likeness (QED) is 0.748. The van der Waals surface area contributed by atoms with Crippen molar-refractivity contribution in [2.24, 2.45) is 0 Å². The number of rotatable bonds is 8. The van der Waals surface area contributed by atoms with E-state index in [9.17, 15) is 0 Å². The van der Waals surface area contributed by atoms with Crippen molar-refractivity contribution in [3.8, 4) is 0 Å². The molecule has 0 aromatic heterocycles. The lowest BCUT2D eigenvalue weighted by atomic mass is 10.0. The van der Waals surface area contributed by atoms with E-state index in [-0.39, 0.29) is 6.10 Å². The van der Waals surface area contributed by atoms with Gasteiger partial charge >= 0.3 is 0 Å². The first kappa shape index (κ1) is 14.2. The first-order valence-electron chi connectivity index (χ1n) is 6.58. The van der Waals surface area contributed by atoms with Gasteiger partial charge in [0.1, 0.15) is 0 Å². The molecule has 1 rings (SSSR count). The summed E-state index contributed by atoms with van der Waals surface area (Å²) < 4.78 is 5.41. The molecule has 0 aliphatic heterocycles. The Morgan fingerprint density at radius 1 is 1.24 bits per heavy atom. The SMILES string of the molecule is CCNC(CCCc1ccccc1)C(C)OC. The lowest BCUT2D eigenvalue weighted by Crippen LogP contribution is -2.39. The van der Waals surface area contributed by atoms with Crippen LogP contribution < -0.4 is 5.32 Å². The normalized spacial score (nSPS) is 14.5. The predicted octanol–water partition coefficient (Wildman–Crippen LogP) is 3.02. The lowest BCUT2D eigenvalue weighted by Gasteiger charge is -2.23. The highest BCUT2D eigenvalue weighted by Crippen LogP contribution is 2.10. The maximum absolute atomic E-state index is 5.41. The van der Waals surface area contributed by atoms with Crippen LogP contribution in [0, 0.1) is 0 Å². The Kier molecular flexibility index (Phi) is 6.90. The molecule has 0 heterocycles. The summed E-state index contributed by atoms with van der Waals surface area (Å²) in [6.07, 6.45) is 3.80. The largest absolute Gasteiger partial charge is 0.380 e. The fourth-order valence-corrected chi connectivity index (χ4v) is 2.10. The summed E-state index contributed by atoms with van der Waals surface area (Å²) in [4.78, 5) is 0. The fourth-order valence-electron chi connectivity index (χ4n) is 2.10. The Hall–Kier alpha value is -0.860. The molecule has 0 aliphatic carbocycles. The van der Waals surface area contributed by atoms with Crippen LogP contribution in [0.4, 0.5) is 0 Å². The van der Waals surface area contributed by atoms with E-state index < -0.39 is 0 Å². The molecule has 0 radical (unpaired) electrons. The molecule has 1 aromatic carbocycles. The molecule has 0 spiro atoms. The second-order valence-corrected chi connectivity index (χ2v) is 4.48. The minimum atomic E-state index is 0.283. The van der Waals surface area contributed by atoms with E-state index >= 15 is 0 Å². The Balaban J connectivity index is 2.32. The summed E-state index contributed by atoms with van der Waals surface area (Å²) >= 11 is 0. The predicted molar refractivity (Wildman–Crippen MR) is 73.3 cm³/mol. The molecular weight excluding hydrogens is 210 g/mol. The number of likely N-dealkylation sites (N-methyl/N-ethyl adjacent to an activating group) is 1. The molecule has 1 N–H and O–H groups in total. The number of methoxy groups -OCH3 is 1. The average molecular weight is 235 g/mol. The van der Waals surface area contributed by atoms with E-state index in [1.807, 2.05) is 0 Å². The zero-order valence-corrected chi connectivity index (χ0v) is 11.3. The van der Waals surface area contributed by atoms with Crippen molar-refractivity contribution in [3.05, 3.63) is 35.9 Å². The molecule has 1 aromatic rings. The maximum atomic E-state index is 5.41.